The summed E-state index contributed by atoms with van der Waals surface area (Å²) in [5.41, 5.74) is 8.58. The summed E-state index contributed by atoms with van der Waals surface area (Å²) >= 11 is 0. The van der Waals surface area contributed by atoms with Crippen molar-refractivity contribution in [1.29, 1.82) is 0 Å². The van der Waals surface area contributed by atoms with Crippen LogP contribution in [0.1, 0.15) is 30.5 Å². The Balaban J connectivity index is 1.99. The van der Waals surface area contributed by atoms with Crippen molar-refractivity contribution in [3.05, 3.63) is 29.6 Å². The fourth-order valence-corrected chi connectivity index (χ4v) is 1.99. The van der Waals surface area contributed by atoms with Gasteiger partial charge in [-0.3, -0.25) is 4.98 Å². The molecular weight excluding hydrogens is 172 g/mol. The first kappa shape index (κ1) is 9.66. The van der Waals surface area contributed by atoms with Crippen molar-refractivity contribution in [2.45, 2.75) is 38.6 Å². The largest absolute Gasteiger partial charge is 0.327 e. The van der Waals surface area contributed by atoms with E-state index in [0.717, 1.165) is 12.3 Å². The third-order valence-corrected chi connectivity index (χ3v) is 3.30. The predicted octanol–water partition coefficient (Wildman–Crippen LogP) is 2.06. The highest BCUT2D eigenvalue weighted by Crippen LogP contribution is 2.29. The van der Waals surface area contributed by atoms with Gasteiger partial charge >= 0.3 is 0 Å². The van der Waals surface area contributed by atoms with Gasteiger partial charge in [-0.1, -0.05) is 12.5 Å². The summed E-state index contributed by atoms with van der Waals surface area (Å²) in [4.78, 5) is 4.38. The number of nitrogens with zero attached hydrogens (tertiary/aromatic N) is 1. The highest BCUT2D eigenvalue weighted by atomic mass is 14.7. The monoisotopic (exact) mass is 190 g/mol. The average Bonchev–Trinajstić information content (AvgIpc) is 2.05. The molecule has 1 aliphatic carbocycles. The molecule has 14 heavy (non-hydrogen) atoms. The zero-order valence-electron chi connectivity index (χ0n) is 8.74. The molecule has 1 saturated carbocycles. The van der Waals surface area contributed by atoms with Crippen molar-refractivity contribution < 1.29 is 0 Å². The van der Waals surface area contributed by atoms with E-state index in [9.17, 15) is 0 Å². The van der Waals surface area contributed by atoms with E-state index < -0.39 is 0 Å². The van der Waals surface area contributed by atoms with Crippen molar-refractivity contribution in [2.24, 2.45) is 11.7 Å². The predicted molar refractivity (Wildman–Crippen MR) is 58.0 cm³/mol. The average molecular weight is 190 g/mol. The van der Waals surface area contributed by atoms with Crippen LogP contribution < -0.4 is 5.73 Å². The van der Waals surface area contributed by atoms with Crippen LogP contribution in [0.2, 0.25) is 0 Å². The number of rotatable bonds is 3. The first-order valence-electron chi connectivity index (χ1n) is 5.43. The van der Waals surface area contributed by atoms with Gasteiger partial charge in [-0.05, 0) is 37.3 Å². The normalized spacial score (nSPS) is 19.0. The highest BCUT2D eigenvalue weighted by molar-refractivity contribution is 5.18. The Hall–Kier alpha value is -0.890. The van der Waals surface area contributed by atoms with Crippen LogP contribution in [0.25, 0.3) is 0 Å². The van der Waals surface area contributed by atoms with E-state index in [1.165, 1.54) is 30.5 Å². The highest BCUT2D eigenvalue weighted by Gasteiger charge is 2.24. The summed E-state index contributed by atoms with van der Waals surface area (Å²) in [6.07, 6.45) is 6.78. The summed E-state index contributed by atoms with van der Waals surface area (Å²) in [6, 6.07) is 4.40. The Morgan fingerprint density at radius 2 is 2.36 bits per heavy atom. The topological polar surface area (TPSA) is 38.9 Å². The lowest BCUT2D eigenvalue weighted by molar-refractivity contribution is 0.259. The zero-order valence-corrected chi connectivity index (χ0v) is 8.74. The molecule has 0 bridgehead atoms. The molecule has 1 atom stereocenters. The van der Waals surface area contributed by atoms with Gasteiger partial charge in [-0.2, -0.15) is 0 Å². The third kappa shape index (κ3) is 1.95. The van der Waals surface area contributed by atoms with Crippen molar-refractivity contribution >= 4 is 0 Å². The molecule has 2 N–H and O–H groups in total. The SMILES string of the molecule is Cc1cccnc1CC(N)C1CCC1. The summed E-state index contributed by atoms with van der Waals surface area (Å²) in [5, 5.41) is 0. The molecule has 1 fully saturated rings. The molecule has 2 heteroatoms. The van der Waals surface area contributed by atoms with E-state index >= 15 is 0 Å². The number of aryl methyl sites for hydroxylation is 1. The van der Waals surface area contributed by atoms with Gasteiger partial charge < -0.3 is 5.73 Å². The minimum atomic E-state index is 0.317. The maximum atomic E-state index is 6.14. The molecule has 2 nitrogen and oxygen atoms in total. The van der Waals surface area contributed by atoms with Crippen molar-refractivity contribution in [3.63, 3.8) is 0 Å². The van der Waals surface area contributed by atoms with Crippen molar-refractivity contribution in [2.75, 3.05) is 0 Å². The fourth-order valence-electron chi connectivity index (χ4n) is 1.99. The minimum Gasteiger partial charge on any atom is -0.327 e. The molecule has 0 aromatic carbocycles. The van der Waals surface area contributed by atoms with Gasteiger partial charge in [0.2, 0.25) is 0 Å². The van der Waals surface area contributed by atoms with Gasteiger partial charge in [0.25, 0.3) is 0 Å². The maximum Gasteiger partial charge on any atom is 0.0448 e. The van der Waals surface area contributed by atoms with Crippen molar-refractivity contribution in [1.82, 2.24) is 4.98 Å². The smallest absolute Gasteiger partial charge is 0.0448 e. The first-order chi connectivity index (χ1) is 6.77. The van der Waals surface area contributed by atoms with E-state index in [-0.39, 0.29) is 0 Å². The van der Waals surface area contributed by atoms with Crippen LogP contribution in [0, 0.1) is 12.8 Å². The fraction of sp³-hybridized carbons (Fsp3) is 0.583. The van der Waals surface area contributed by atoms with Gasteiger partial charge in [-0.15, -0.1) is 0 Å². The number of hydrogen-bond acceptors (Lipinski definition) is 2. The molecule has 0 spiro atoms. The molecular formula is C12H18N2. The summed E-state index contributed by atoms with van der Waals surface area (Å²) in [7, 11) is 0. The Bertz CT molecular complexity index is 305. The molecule has 0 amide bonds. The van der Waals surface area contributed by atoms with E-state index in [4.69, 9.17) is 5.73 Å². The molecule has 1 heterocycles. The lowest BCUT2D eigenvalue weighted by Gasteiger charge is -2.31. The standard InChI is InChI=1S/C12H18N2/c1-9-4-3-7-14-12(9)8-11(13)10-5-2-6-10/h3-4,7,10-11H,2,5-6,8,13H2,1H3. The van der Waals surface area contributed by atoms with Gasteiger partial charge in [0.1, 0.15) is 0 Å². The van der Waals surface area contributed by atoms with E-state index in [1.807, 2.05) is 12.3 Å². The zero-order chi connectivity index (χ0) is 9.97. The van der Waals surface area contributed by atoms with Crippen LogP contribution in [0.3, 0.4) is 0 Å². The molecule has 0 radical (unpaired) electrons. The third-order valence-electron chi connectivity index (χ3n) is 3.30. The van der Waals surface area contributed by atoms with Gasteiger partial charge in [-0.25, -0.2) is 0 Å². The summed E-state index contributed by atoms with van der Waals surface area (Å²) in [6.45, 7) is 2.11. The van der Waals surface area contributed by atoms with Gasteiger partial charge in [0.05, 0.1) is 0 Å². The molecule has 1 aromatic rings. The molecule has 76 valence electrons. The van der Waals surface area contributed by atoms with Crippen LogP contribution in [0.4, 0.5) is 0 Å². The molecule has 1 aromatic heterocycles. The van der Waals surface area contributed by atoms with Crippen LogP contribution >= 0.6 is 0 Å². The van der Waals surface area contributed by atoms with Crippen LogP contribution in [0.5, 0.6) is 0 Å². The van der Waals surface area contributed by atoms with Crippen LogP contribution in [-0.2, 0) is 6.42 Å². The second kappa shape index (κ2) is 4.09. The Morgan fingerprint density at radius 1 is 1.57 bits per heavy atom. The lowest BCUT2D eigenvalue weighted by Crippen LogP contribution is -2.36. The van der Waals surface area contributed by atoms with Gasteiger partial charge in [0, 0.05) is 24.4 Å². The van der Waals surface area contributed by atoms with Crippen LogP contribution in [0.15, 0.2) is 18.3 Å². The van der Waals surface area contributed by atoms with E-state index in [2.05, 4.69) is 18.0 Å². The molecule has 0 aliphatic heterocycles. The molecule has 0 saturated heterocycles. The Labute approximate surface area is 85.5 Å². The van der Waals surface area contributed by atoms with E-state index in [0.29, 0.717) is 6.04 Å². The summed E-state index contributed by atoms with van der Waals surface area (Å²) < 4.78 is 0. The quantitative estimate of drug-likeness (QED) is 0.792. The van der Waals surface area contributed by atoms with Gasteiger partial charge in [0.15, 0.2) is 0 Å². The molecule has 1 aliphatic rings. The lowest BCUT2D eigenvalue weighted by atomic mass is 9.78. The summed E-state index contributed by atoms with van der Waals surface area (Å²) in [5.74, 6) is 0.747. The number of nitrogens with two attached hydrogens (primary N) is 1. The number of pyridine rings is 1. The molecule has 1 unspecified atom stereocenters. The second-order valence-electron chi connectivity index (χ2n) is 4.33. The number of aromatic nitrogens is 1. The maximum absolute atomic E-state index is 6.14. The van der Waals surface area contributed by atoms with E-state index in [1.54, 1.807) is 0 Å². The van der Waals surface area contributed by atoms with Crippen LogP contribution in [-0.4, -0.2) is 11.0 Å². The minimum absolute atomic E-state index is 0.317. The number of hydrogen-bond donors (Lipinski definition) is 1. The Kier molecular flexibility index (Phi) is 2.82. The molecule has 2 rings (SSSR count). The Morgan fingerprint density at radius 3 is 2.93 bits per heavy atom. The second-order valence-corrected chi connectivity index (χ2v) is 4.33. The first-order valence-corrected chi connectivity index (χ1v) is 5.43. The van der Waals surface area contributed by atoms with Crippen molar-refractivity contribution in [3.8, 4) is 0 Å².